The third-order valence-electron chi connectivity index (χ3n) is 7.17. The summed E-state index contributed by atoms with van der Waals surface area (Å²) in [5.41, 5.74) is 4.52. The van der Waals surface area contributed by atoms with Crippen LogP contribution >= 0.6 is 0 Å². The number of morpholine rings is 1. The Kier molecular flexibility index (Phi) is 6.81. The highest BCUT2D eigenvalue weighted by Gasteiger charge is 2.38. The molecule has 0 radical (unpaired) electrons. The molecule has 2 saturated heterocycles. The summed E-state index contributed by atoms with van der Waals surface area (Å²) < 4.78 is 20.5. The fourth-order valence-corrected chi connectivity index (χ4v) is 5.56. The number of piperidine rings is 1. The number of fused-ring (bicyclic) bond motifs is 1. The minimum Gasteiger partial charge on any atom is -0.381 e. The van der Waals surface area contributed by atoms with E-state index >= 15 is 0 Å². The second-order valence-electron chi connectivity index (χ2n) is 10.1. The lowest BCUT2D eigenvalue weighted by Crippen LogP contribution is -2.49. The standard InChI is InChI=1S/C28H33FN4O3/c1-17-7-10-26(27(34)31-17)33-16-23-22(28(33)35)5-4-6-25(23)30-12-21-11-20(8-9-24(21)29)15-32-13-18(2)36-19(3)14-32/h4-6,8-9,11,18-19,26,30H,1,7,10,12-16H2,2-3H3,(H,31,34). The molecule has 8 heteroatoms. The average molecular weight is 493 g/mol. The number of rotatable bonds is 6. The van der Waals surface area contributed by atoms with Crippen LogP contribution in [0.4, 0.5) is 10.1 Å². The van der Waals surface area contributed by atoms with Crippen LogP contribution in [0.3, 0.4) is 0 Å². The van der Waals surface area contributed by atoms with Crippen LogP contribution < -0.4 is 10.6 Å². The first-order valence-corrected chi connectivity index (χ1v) is 12.6. The number of benzene rings is 2. The quantitative estimate of drug-likeness (QED) is 0.642. The van der Waals surface area contributed by atoms with Crippen molar-refractivity contribution in [1.29, 1.82) is 0 Å². The molecule has 2 amide bonds. The third-order valence-corrected chi connectivity index (χ3v) is 7.17. The molecule has 0 aliphatic carbocycles. The maximum absolute atomic E-state index is 14.7. The predicted molar refractivity (Wildman–Crippen MR) is 136 cm³/mol. The van der Waals surface area contributed by atoms with Crippen LogP contribution in [0, 0.1) is 5.82 Å². The van der Waals surface area contributed by atoms with E-state index in [1.54, 1.807) is 11.0 Å². The number of amides is 2. The average Bonchev–Trinajstić information content (AvgIpc) is 3.15. The van der Waals surface area contributed by atoms with Gasteiger partial charge in [-0.15, -0.1) is 0 Å². The molecule has 3 unspecified atom stereocenters. The summed E-state index contributed by atoms with van der Waals surface area (Å²) in [6, 6.07) is 10.3. The largest absolute Gasteiger partial charge is 0.381 e. The summed E-state index contributed by atoms with van der Waals surface area (Å²) in [5.74, 6) is -0.604. The molecule has 0 aromatic heterocycles. The van der Waals surface area contributed by atoms with Crippen molar-refractivity contribution in [2.24, 2.45) is 0 Å². The van der Waals surface area contributed by atoms with Gasteiger partial charge in [0.15, 0.2) is 0 Å². The van der Waals surface area contributed by atoms with Gasteiger partial charge in [0.2, 0.25) is 5.91 Å². The van der Waals surface area contributed by atoms with E-state index < -0.39 is 6.04 Å². The number of anilines is 1. The monoisotopic (exact) mass is 492 g/mol. The first kappa shape index (κ1) is 24.5. The van der Waals surface area contributed by atoms with E-state index in [0.29, 0.717) is 42.8 Å². The molecule has 2 N–H and O–H groups in total. The van der Waals surface area contributed by atoms with Crippen molar-refractivity contribution in [2.45, 2.75) is 64.6 Å². The molecule has 3 aliphatic rings. The molecule has 3 atom stereocenters. The van der Waals surface area contributed by atoms with Crippen molar-refractivity contribution >= 4 is 17.5 Å². The van der Waals surface area contributed by atoms with Gasteiger partial charge in [-0.1, -0.05) is 18.7 Å². The summed E-state index contributed by atoms with van der Waals surface area (Å²) in [4.78, 5) is 29.6. The molecule has 0 bridgehead atoms. The molecular weight excluding hydrogens is 459 g/mol. The lowest BCUT2D eigenvalue weighted by molar-refractivity contribution is -0.126. The summed E-state index contributed by atoms with van der Waals surface area (Å²) in [7, 11) is 0. The van der Waals surface area contributed by atoms with E-state index in [2.05, 4.69) is 36.0 Å². The van der Waals surface area contributed by atoms with Gasteiger partial charge >= 0.3 is 0 Å². The van der Waals surface area contributed by atoms with Gasteiger partial charge in [-0.05, 0) is 56.5 Å². The van der Waals surface area contributed by atoms with Gasteiger partial charge in [-0.2, -0.15) is 0 Å². The van der Waals surface area contributed by atoms with Gasteiger partial charge in [0.05, 0.1) is 12.2 Å². The summed E-state index contributed by atoms with van der Waals surface area (Å²) in [6.45, 7) is 11.0. The predicted octanol–water partition coefficient (Wildman–Crippen LogP) is 3.80. The SMILES string of the molecule is C=C1CCC(N2Cc3c(NCc4cc(CN5CC(C)OC(C)C5)ccc4F)cccc3C2=O)C(=O)N1. The number of halogens is 1. The van der Waals surface area contributed by atoms with Crippen molar-refractivity contribution < 1.29 is 18.7 Å². The Balaban J connectivity index is 1.28. The molecule has 3 aliphatic heterocycles. The number of hydrogen-bond donors (Lipinski definition) is 2. The van der Waals surface area contributed by atoms with Crippen molar-refractivity contribution in [3.63, 3.8) is 0 Å². The Morgan fingerprint density at radius 1 is 1.17 bits per heavy atom. The smallest absolute Gasteiger partial charge is 0.255 e. The highest BCUT2D eigenvalue weighted by molar-refractivity contribution is 6.02. The van der Waals surface area contributed by atoms with Crippen molar-refractivity contribution in [2.75, 3.05) is 18.4 Å². The maximum Gasteiger partial charge on any atom is 0.255 e. The van der Waals surface area contributed by atoms with Gasteiger partial charge in [-0.25, -0.2) is 4.39 Å². The van der Waals surface area contributed by atoms with E-state index in [1.807, 2.05) is 24.3 Å². The fraction of sp³-hybridized carbons (Fsp3) is 0.429. The Bertz CT molecular complexity index is 1190. The maximum atomic E-state index is 14.7. The Morgan fingerprint density at radius 3 is 2.69 bits per heavy atom. The fourth-order valence-electron chi connectivity index (χ4n) is 5.56. The first-order chi connectivity index (χ1) is 17.3. The second-order valence-corrected chi connectivity index (χ2v) is 10.1. The Hall–Kier alpha value is -3.23. The second kappa shape index (κ2) is 10.0. The normalized spacial score (nSPS) is 24.6. The van der Waals surface area contributed by atoms with Crippen molar-refractivity contribution in [3.05, 3.63) is 76.7 Å². The zero-order valence-electron chi connectivity index (χ0n) is 20.9. The summed E-state index contributed by atoms with van der Waals surface area (Å²) >= 11 is 0. The van der Waals surface area contributed by atoms with Crippen LogP contribution in [0.25, 0.3) is 0 Å². The summed E-state index contributed by atoms with van der Waals surface area (Å²) in [5, 5.41) is 6.11. The molecule has 7 nitrogen and oxygen atoms in total. The lowest BCUT2D eigenvalue weighted by atomic mass is 10.0. The van der Waals surface area contributed by atoms with E-state index in [0.717, 1.165) is 36.4 Å². The van der Waals surface area contributed by atoms with Crippen LogP contribution in [0.15, 0.2) is 48.7 Å². The van der Waals surface area contributed by atoms with Crippen LogP contribution in [0.1, 0.15) is 53.7 Å². The molecule has 2 fully saturated rings. The van der Waals surface area contributed by atoms with Crippen LogP contribution in [0.5, 0.6) is 0 Å². The molecule has 5 rings (SSSR count). The number of nitrogens with one attached hydrogen (secondary N) is 2. The van der Waals surface area contributed by atoms with E-state index in [1.165, 1.54) is 6.07 Å². The minimum absolute atomic E-state index is 0.150. The van der Waals surface area contributed by atoms with Gasteiger partial charge < -0.3 is 20.3 Å². The Labute approximate surface area is 211 Å². The first-order valence-electron chi connectivity index (χ1n) is 12.6. The molecular formula is C28H33FN4O3. The van der Waals surface area contributed by atoms with Gasteiger partial charge in [-0.3, -0.25) is 14.5 Å². The molecule has 0 saturated carbocycles. The number of carbonyl (C=O) groups is 2. The summed E-state index contributed by atoms with van der Waals surface area (Å²) in [6.07, 6.45) is 1.57. The van der Waals surface area contributed by atoms with Crippen LogP contribution in [-0.2, 0) is 29.2 Å². The highest BCUT2D eigenvalue weighted by atomic mass is 19.1. The highest BCUT2D eigenvalue weighted by Crippen LogP contribution is 2.33. The third kappa shape index (κ3) is 5.01. The molecule has 0 spiro atoms. The minimum atomic E-state index is -0.511. The number of ether oxygens (including phenoxy) is 1. The van der Waals surface area contributed by atoms with E-state index in [9.17, 15) is 14.0 Å². The molecule has 2 aromatic rings. The zero-order chi connectivity index (χ0) is 25.4. The van der Waals surface area contributed by atoms with Crippen molar-refractivity contribution in [1.82, 2.24) is 15.1 Å². The number of carbonyl (C=O) groups excluding carboxylic acids is 2. The van der Waals surface area contributed by atoms with E-state index in [4.69, 9.17) is 4.74 Å². The lowest BCUT2D eigenvalue weighted by Gasteiger charge is -2.35. The number of nitrogens with zero attached hydrogens (tertiary/aromatic N) is 2. The number of hydrogen-bond acceptors (Lipinski definition) is 5. The zero-order valence-corrected chi connectivity index (χ0v) is 20.9. The van der Waals surface area contributed by atoms with Gasteiger partial charge in [0, 0.05) is 60.8 Å². The van der Waals surface area contributed by atoms with E-state index in [-0.39, 0.29) is 29.8 Å². The number of allylic oxidation sites excluding steroid dienone is 1. The van der Waals surface area contributed by atoms with Gasteiger partial charge in [0.1, 0.15) is 11.9 Å². The molecule has 2 aromatic carbocycles. The topological polar surface area (TPSA) is 73.9 Å². The molecule has 36 heavy (non-hydrogen) atoms. The molecule has 3 heterocycles. The van der Waals surface area contributed by atoms with Crippen LogP contribution in [-0.4, -0.2) is 53.0 Å². The Morgan fingerprint density at radius 2 is 1.94 bits per heavy atom. The van der Waals surface area contributed by atoms with Crippen molar-refractivity contribution in [3.8, 4) is 0 Å². The van der Waals surface area contributed by atoms with Gasteiger partial charge in [0.25, 0.3) is 5.91 Å². The molecule has 190 valence electrons. The van der Waals surface area contributed by atoms with Crippen LogP contribution in [0.2, 0.25) is 0 Å².